The van der Waals surface area contributed by atoms with Gasteiger partial charge >= 0.3 is 0 Å². The molecule has 0 heterocycles. The first-order chi connectivity index (χ1) is 4.09. The highest BCUT2D eigenvalue weighted by Gasteiger charge is 2.09. The quantitative estimate of drug-likeness (QED) is 0.462. The molecular weight excluding hydrogens is 112 g/mol. The lowest BCUT2D eigenvalue weighted by Gasteiger charge is -2.26. The minimum Gasteiger partial charge on any atom is -0.268 e. The molecule has 1 unspecified atom stereocenters. The van der Waals surface area contributed by atoms with Crippen molar-refractivity contribution in [2.24, 2.45) is 5.84 Å². The summed E-state index contributed by atoms with van der Waals surface area (Å²) in [4.78, 5) is 0. The van der Waals surface area contributed by atoms with Crippen molar-refractivity contribution in [3.8, 4) is 0 Å². The van der Waals surface area contributed by atoms with Gasteiger partial charge in [-0.25, -0.2) is 5.01 Å². The summed E-state index contributed by atoms with van der Waals surface area (Å²) in [6, 6.07) is 0.963. The highest BCUT2D eigenvalue weighted by molar-refractivity contribution is 4.61. The molecule has 0 aliphatic rings. The van der Waals surface area contributed by atoms with Crippen molar-refractivity contribution in [1.29, 1.82) is 0 Å². The molecular formula is C7H18N2. The number of hydrogen-bond donors (Lipinski definition) is 1. The van der Waals surface area contributed by atoms with Gasteiger partial charge in [-0.1, -0.05) is 6.92 Å². The van der Waals surface area contributed by atoms with Gasteiger partial charge in [-0.3, -0.25) is 5.84 Å². The molecule has 2 heteroatoms. The summed E-state index contributed by atoms with van der Waals surface area (Å²) in [5.74, 6) is 5.70. The molecule has 0 radical (unpaired) electrons. The molecule has 0 aromatic carbocycles. The van der Waals surface area contributed by atoms with Crippen LogP contribution in [0.5, 0.6) is 0 Å². The highest BCUT2D eigenvalue weighted by atomic mass is 15.4. The monoisotopic (exact) mass is 130 g/mol. The van der Waals surface area contributed by atoms with Gasteiger partial charge < -0.3 is 0 Å². The lowest BCUT2D eigenvalue weighted by atomic mass is 10.2. The van der Waals surface area contributed by atoms with E-state index in [-0.39, 0.29) is 0 Å². The molecule has 2 nitrogen and oxygen atoms in total. The Hall–Kier alpha value is -0.0800. The van der Waals surface area contributed by atoms with Crippen LogP contribution in [0.1, 0.15) is 34.1 Å². The van der Waals surface area contributed by atoms with E-state index in [9.17, 15) is 0 Å². The zero-order chi connectivity index (χ0) is 7.44. The third-order valence-electron chi connectivity index (χ3n) is 1.70. The Labute approximate surface area is 58.0 Å². The molecule has 9 heavy (non-hydrogen) atoms. The van der Waals surface area contributed by atoms with E-state index in [0.29, 0.717) is 12.1 Å². The standard InChI is InChI=1S/C7H18N2/c1-5-7(4)9(8)6(2)3/h6-7H,5,8H2,1-4H3. The number of hydrogen-bond acceptors (Lipinski definition) is 2. The van der Waals surface area contributed by atoms with E-state index in [1.165, 1.54) is 0 Å². The first-order valence-electron chi connectivity index (χ1n) is 3.62. The summed E-state index contributed by atoms with van der Waals surface area (Å²) in [6.07, 6.45) is 1.12. The van der Waals surface area contributed by atoms with Crippen LogP contribution < -0.4 is 5.84 Å². The predicted octanol–water partition coefficient (Wildman–Crippen LogP) is 1.37. The Kier molecular flexibility index (Phi) is 3.82. The van der Waals surface area contributed by atoms with Crippen LogP contribution in [-0.4, -0.2) is 17.1 Å². The Morgan fingerprint density at radius 1 is 1.33 bits per heavy atom. The van der Waals surface area contributed by atoms with Gasteiger partial charge in [0, 0.05) is 12.1 Å². The van der Waals surface area contributed by atoms with Crippen molar-refractivity contribution >= 4 is 0 Å². The third kappa shape index (κ3) is 2.82. The minimum absolute atomic E-state index is 0.458. The zero-order valence-corrected chi connectivity index (χ0v) is 6.89. The van der Waals surface area contributed by atoms with Crippen molar-refractivity contribution in [2.75, 3.05) is 0 Å². The molecule has 0 aliphatic carbocycles. The summed E-state index contributed by atoms with van der Waals surface area (Å²) in [5, 5.41) is 1.89. The van der Waals surface area contributed by atoms with Crippen LogP contribution in [0.3, 0.4) is 0 Å². The van der Waals surface area contributed by atoms with Gasteiger partial charge in [0.05, 0.1) is 0 Å². The van der Waals surface area contributed by atoms with Crippen molar-refractivity contribution < 1.29 is 0 Å². The van der Waals surface area contributed by atoms with Gasteiger partial charge in [0.25, 0.3) is 0 Å². The molecule has 56 valence electrons. The molecule has 0 bridgehead atoms. The van der Waals surface area contributed by atoms with Crippen LogP contribution in [0.4, 0.5) is 0 Å². The van der Waals surface area contributed by atoms with Crippen LogP contribution in [0.2, 0.25) is 0 Å². The number of nitrogens with two attached hydrogens (primary N) is 1. The smallest absolute Gasteiger partial charge is 0.0213 e. The molecule has 0 amide bonds. The van der Waals surface area contributed by atoms with Crippen LogP contribution in [0, 0.1) is 0 Å². The second-order valence-electron chi connectivity index (χ2n) is 2.80. The first-order valence-corrected chi connectivity index (χ1v) is 3.62. The van der Waals surface area contributed by atoms with E-state index >= 15 is 0 Å². The van der Waals surface area contributed by atoms with Crippen LogP contribution in [-0.2, 0) is 0 Å². The van der Waals surface area contributed by atoms with Crippen LogP contribution >= 0.6 is 0 Å². The zero-order valence-electron chi connectivity index (χ0n) is 6.89. The van der Waals surface area contributed by atoms with E-state index in [1.54, 1.807) is 0 Å². The second kappa shape index (κ2) is 3.85. The molecule has 0 spiro atoms. The number of nitrogens with zero attached hydrogens (tertiary/aromatic N) is 1. The fourth-order valence-electron chi connectivity index (χ4n) is 0.720. The van der Waals surface area contributed by atoms with Crippen molar-refractivity contribution in [1.82, 2.24) is 5.01 Å². The fraction of sp³-hybridized carbons (Fsp3) is 1.00. The van der Waals surface area contributed by atoms with E-state index in [2.05, 4.69) is 27.7 Å². The maximum Gasteiger partial charge on any atom is 0.0213 e. The van der Waals surface area contributed by atoms with Gasteiger partial charge in [-0.2, -0.15) is 0 Å². The van der Waals surface area contributed by atoms with E-state index < -0.39 is 0 Å². The third-order valence-corrected chi connectivity index (χ3v) is 1.70. The molecule has 2 N–H and O–H groups in total. The Morgan fingerprint density at radius 3 is 1.89 bits per heavy atom. The average Bonchev–Trinajstić information content (AvgIpc) is 1.84. The summed E-state index contributed by atoms with van der Waals surface area (Å²) >= 11 is 0. The molecule has 0 fully saturated rings. The summed E-state index contributed by atoms with van der Waals surface area (Å²) in [6.45, 7) is 8.49. The molecule has 0 saturated heterocycles. The maximum absolute atomic E-state index is 5.70. The van der Waals surface area contributed by atoms with Gasteiger partial charge in [0.15, 0.2) is 0 Å². The summed E-state index contributed by atoms with van der Waals surface area (Å²) in [5.41, 5.74) is 0. The van der Waals surface area contributed by atoms with Gasteiger partial charge in [-0.15, -0.1) is 0 Å². The number of rotatable bonds is 3. The summed E-state index contributed by atoms with van der Waals surface area (Å²) < 4.78 is 0. The highest BCUT2D eigenvalue weighted by Crippen LogP contribution is 2.01. The van der Waals surface area contributed by atoms with Gasteiger partial charge in [0.2, 0.25) is 0 Å². The molecule has 0 aromatic heterocycles. The second-order valence-corrected chi connectivity index (χ2v) is 2.80. The Bertz CT molecular complexity index is 71.3. The Morgan fingerprint density at radius 2 is 1.78 bits per heavy atom. The first kappa shape index (κ1) is 8.92. The average molecular weight is 130 g/mol. The van der Waals surface area contributed by atoms with Crippen molar-refractivity contribution in [3.05, 3.63) is 0 Å². The van der Waals surface area contributed by atoms with Crippen molar-refractivity contribution in [2.45, 2.75) is 46.2 Å². The van der Waals surface area contributed by atoms with E-state index in [4.69, 9.17) is 5.84 Å². The lowest BCUT2D eigenvalue weighted by Crippen LogP contribution is -2.43. The van der Waals surface area contributed by atoms with Crippen molar-refractivity contribution in [3.63, 3.8) is 0 Å². The largest absolute Gasteiger partial charge is 0.268 e. The topological polar surface area (TPSA) is 29.3 Å². The molecule has 0 rings (SSSR count). The fourth-order valence-corrected chi connectivity index (χ4v) is 0.720. The van der Waals surface area contributed by atoms with E-state index in [1.807, 2.05) is 5.01 Å². The maximum atomic E-state index is 5.70. The normalized spacial score (nSPS) is 15.0. The van der Waals surface area contributed by atoms with Crippen LogP contribution in [0.15, 0.2) is 0 Å². The lowest BCUT2D eigenvalue weighted by molar-refractivity contribution is 0.163. The Balaban J connectivity index is 3.58. The molecule has 0 aliphatic heterocycles. The molecule has 1 atom stereocenters. The predicted molar refractivity (Wildman–Crippen MR) is 40.9 cm³/mol. The van der Waals surface area contributed by atoms with E-state index in [0.717, 1.165) is 6.42 Å². The molecule has 0 saturated carbocycles. The van der Waals surface area contributed by atoms with Gasteiger partial charge in [-0.05, 0) is 27.2 Å². The summed E-state index contributed by atoms with van der Waals surface area (Å²) in [7, 11) is 0. The molecule has 0 aromatic rings. The SMILES string of the molecule is CCC(C)N(N)C(C)C. The van der Waals surface area contributed by atoms with Crippen LogP contribution in [0.25, 0.3) is 0 Å². The number of hydrazine groups is 1. The van der Waals surface area contributed by atoms with Gasteiger partial charge in [0.1, 0.15) is 0 Å². The minimum atomic E-state index is 0.458.